The fourth-order valence-electron chi connectivity index (χ4n) is 3.58. The minimum Gasteiger partial charge on any atom is -0.396 e. The summed E-state index contributed by atoms with van der Waals surface area (Å²) in [7, 11) is 0. The number of hydrogen-bond acceptors (Lipinski definition) is 4. The number of nitrogens with one attached hydrogen (secondary N) is 1. The number of carbonyl (C=O) groups is 1. The number of halogens is 2. The fourth-order valence-corrected chi connectivity index (χ4v) is 3.80. The number of hydrogen-bond donors (Lipinski definition) is 2. The first-order chi connectivity index (χ1) is 14.9. The number of anilines is 1. The molecule has 1 unspecified atom stereocenters. The smallest absolute Gasteiger partial charge is 0.249 e. The van der Waals surface area contributed by atoms with Crippen LogP contribution in [0.1, 0.15) is 49.8 Å². The fraction of sp³-hybridized carbons (Fsp3) is 0.409. The normalized spacial score (nSPS) is 12.2. The van der Waals surface area contributed by atoms with E-state index in [9.17, 15) is 14.3 Å². The van der Waals surface area contributed by atoms with Crippen molar-refractivity contribution >= 4 is 23.2 Å². The highest BCUT2D eigenvalue weighted by Crippen LogP contribution is 2.27. The van der Waals surface area contributed by atoms with Crippen molar-refractivity contribution in [3.05, 3.63) is 58.4 Å². The van der Waals surface area contributed by atoms with Crippen LogP contribution in [0.3, 0.4) is 0 Å². The van der Waals surface area contributed by atoms with E-state index in [0.717, 1.165) is 17.8 Å². The van der Waals surface area contributed by atoms with Crippen molar-refractivity contribution in [2.45, 2.75) is 52.5 Å². The lowest BCUT2D eigenvalue weighted by Gasteiger charge is -2.18. The van der Waals surface area contributed by atoms with E-state index in [2.05, 4.69) is 15.5 Å². The number of carbonyl (C=O) groups excluding carboxylic acids is 1. The Morgan fingerprint density at radius 2 is 2.00 bits per heavy atom. The van der Waals surface area contributed by atoms with E-state index in [0.29, 0.717) is 34.9 Å². The first-order valence-corrected chi connectivity index (χ1v) is 10.8. The molecule has 2 heterocycles. The van der Waals surface area contributed by atoms with Gasteiger partial charge in [0, 0.05) is 13.0 Å². The number of aliphatic hydroxyl groups excluding tert-OH is 1. The maximum absolute atomic E-state index is 13.3. The number of aromatic nitrogens is 4. The van der Waals surface area contributed by atoms with Crippen LogP contribution in [0, 0.1) is 12.7 Å². The Hall–Kier alpha value is -2.71. The number of aryl methyl sites for hydroxylation is 1. The van der Waals surface area contributed by atoms with Gasteiger partial charge in [-0.3, -0.25) is 9.48 Å². The van der Waals surface area contributed by atoms with Gasteiger partial charge in [0.2, 0.25) is 5.91 Å². The molecule has 2 N–H and O–H groups in total. The minimum atomic E-state index is -0.716. The monoisotopic (exact) mass is 447 g/mol. The Morgan fingerprint density at radius 3 is 2.61 bits per heavy atom. The van der Waals surface area contributed by atoms with E-state index >= 15 is 0 Å². The molecule has 1 amide bonds. The van der Waals surface area contributed by atoms with Gasteiger partial charge in [-0.05, 0) is 44.0 Å². The molecular formula is C22H27ClFN5O2. The molecule has 3 aromatic rings. The number of rotatable bonds is 9. The van der Waals surface area contributed by atoms with Gasteiger partial charge in [-0.2, -0.15) is 10.2 Å². The van der Waals surface area contributed by atoms with Gasteiger partial charge in [0.1, 0.15) is 11.9 Å². The Labute approximate surface area is 185 Å². The minimum absolute atomic E-state index is 0.173. The number of benzene rings is 1. The zero-order valence-electron chi connectivity index (χ0n) is 17.9. The summed E-state index contributed by atoms with van der Waals surface area (Å²) in [6, 6.07) is 5.28. The lowest BCUT2D eigenvalue weighted by molar-refractivity contribution is -0.120. The lowest BCUT2D eigenvalue weighted by Crippen LogP contribution is -2.29. The summed E-state index contributed by atoms with van der Waals surface area (Å²) in [5.41, 5.74) is 3.48. The first kappa shape index (κ1) is 23.0. The maximum atomic E-state index is 13.3. The van der Waals surface area contributed by atoms with Gasteiger partial charge in [-0.25, -0.2) is 9.07 Å². The molecule has 31 heavy (non-hydrogen) atoms. The average molecular weight is 448 g/mol. The molecular weight excluding hydrogens is 421 g/mol. The maximum Gasteiger partial charge on any atom is 0.249 e. The van der Waals surface area contributed by atoms with Crippen LogP contribution in [-0.2, 0) is 17.6 Å². The molecule has 0 saturated heterocycles. The van der Waals surface area contributed by atoms with E-state index in [-0.39, 0.29) is 24.8 Å². The third kappa shape index (κ3) is 4.80. The predicted octanol–water partition coefficient (Wildman–Crippen LogP) is 4.25. The Balaban J connectivity index is 1.90. The summed E-state index contributed by atoms with van der Waals surface area (Å²) in [6.45, 7) is 5.63. The Morgan fingerprint density at radius 1 is 1.29 bits per heavy atom. The zero-order valence-corrected chi connectivity index (χ0v) is 18.7. The second kappa shape index (κ2) is 10.1. The zero-order chi connectivity index (χ0) is 22.5. The highest BCUT2D eigenvalue weighted by molar-refractivity contribution is 6.31. The topological polar surface area (TPSA) is 85.0 Å². The Bertz CT molecular complexity index is 1050. The molecule has 0 aliphatic carbocycles. The van der Waals surface area contributed by atoms with Gasteiger partial charge in [0.05, 0.1) is 39.7 Å². The summed E-state index contributed by atoms with van der Waals surface area (Å²) in [6.07, 6.45) is 3.97. The van der Waals surface area contributed by atoms with Crippen molar-refractivity contribution in [1.29, 1.82) is 0 Å². The molecule has 1 aromatic carbocycles. The standard InChI is InChI=1S/C22H27ClFN5O2/c1-4-6-17-21(23)14(3)28(27-17)20(11-12-30)22(31)26-18-13-25-29(19(18)5-2)16-9-7-15(24)8-10-16/h7-10,13,20,30H,4-6,11-12H2,1-3H3,(H,26,31). The number of aliphatic hydroxyl groups is 1. The molecule has 0 radical (unpaired) electrons. The summed E-state index contributed by atoms with van der Waals surface area (Å²) >= 11 is 6.41. The van der Waals surface area contributed by atoms with Crippen LogP contribution in [0.4, 0.5) is 10.1 Å². The highest BCUT2D eigenvalue weighted by atomic mass is 35.5. The highest BCUT2D eigenvalue weighted by Gasteiger charge is 2.26. The molecule has 0 aliphatic heterocycles. The molecule has 0 bridgehead atoms. The molecule has 0 aliphatic rings. The van der Waals surface area contributed by atoms with Gasteiger partial charge in [-0.1, -0.05) is 31.9 Å². The van der Waals surface area contributed by atoms with Crippen molar-refractivity contribution < 1.29 is 14.3 Å². The molecule has 7 nitrogen and oxygen atoms in total. The third-order valence-corrected chi connectivity index (χ3v) is 5.65. The predicted molar refractivity (Wildman–Crippen MR) is 118 cm³/mol. The van der Waals surface area contributed by atoms with E-state index in [1.807, 2.05) is 20.8 Å². The molecule has 0 saturated carbocycles. The molecule has 2 aromatic heterocycles. The van der Waals surface area contributed by atoms with Gasteiger partial charge in [0.25, 0.3) is 0 Å². The van der Waals surface area contributed by atoms with Gasteiger partial charge in [0.15, 0.2) is 0 Å². The van der Waals surface area contributed by atoms with Crippen molar-refractivity contribution in [2.75, 3.05) is 11.9 Å². The van der Waals surface area contributed by atoms with Crippen molar-refractivity contribution in [1.82, 2.24) is 19.6 Å². The summed E-state index contributed by atoms with van der Waals surface area (Å²) < 4.78 is 16.5. The molecule has 9 heteroatoms. The largest absolute Gasteiger partial charge is 0.396 e. The molecule has 3 rings (SSSR count). The van der Waals surface area contributed by atoms with Gasteiger partial charge in [-0.15, -0.1) is 0 Å². The van der Waals surface area contributed by atoms with Gasteiger partial charge < -0.3 is 10.4 Å². The van der Waals surface area contributed by atoms with Crippen LogP contribution in [0.5, 0.6) is 0 Å². The molecule has 0 fully saturated rings. The van der Waals surface area contributed by atoms with Crippen molar-refractivity contribution in [3.8, 4) is 5.69 Å². The molecule has 166 valence electrons. The van der Waals surface area contributed by atoms with Crippen molar-refractivity contribution in [3.63, 3.8) is 0 Å². The first-order valence-electron chi connectivity index (χ1n) is 10.4. The average Bonchev–Trinajstić information content (AvgIpc) is 3.28. The number of amides is 1. The number of nitrogens with zero attached hydrogens (tertiary/aromatic N) is 4. The van der Waals surface area contributed by atoms with E-state index < -0.39 is 6.04 Å². The SMILES string of the molecule is CCCc1nn(C(CCO)C(=O)Nc2cnn(-c3ccc(F)cc3)c2CC)c(C)c1Cl. The second-order valence-electron chi connectivity index (χ2n) is 7.30. The summed E-state index contributed by atoms with van der Waals surface area (Å²) in [5, 5.41) is 21.9. The van der Waals surface area contributed by atoms with E-state index in [1.54, 1.807) is 27.7 Å². The van der Waals surface area contributed by atoms with Crippen LogP contribution >= 0.6 is 11.6 Å². The van der Waals surface area contributed by atoms with Crippen LogP contribution < -0.4 is 5.32 Å². The van der Waals surface area contributed by atoms with Crippen LogP contribution in [-0.4, -0.2) is 37.2 Å². The van der Waals surface area contributed by atoms with Gasteiger partial charge >= 0.3 is 0 Å². The van der Waals surface area contributed by atoms with Crippen LogP contribution in [0.15, 0.2) is 30.5 Å². The molecule has 1 atom stereocenters. The lowest BCUT2D eigenvalue weighted by atomic mass is 10.2. The van der Waals surface area contributed by atoms with E-state index in [1.165, 1.54) is 12.1 Å². The quantitative estimate of drug-likeness (QED) is 0.513. The van der Waals surface area contributed by atoms with E-state index in [4.69, 9.17) is 11.6 Å². The third-order valence-electron chi connectivity index (χ3n) is 5.16. The molecule has 0 spiro atoms. The summed E-state index contributed by atoms with van der Waals surface area (Å²) in [5.74, 6) is -0.641. The Kier molecular flexibility index (Phi) is 7.46. The summed E-state index contributed by atoms with van der Waals surface area (Å²) in [4.78, 5) is 13.2. The van der Waals surface area contributed by atoms with Crippen LogP contribution in [0.25, 0.3) is 5.69 Å². The van der Waals surface area contributed by atoms with Crippen LogP contribution in [0.2, 0.25) is 5.02 Å². The second-order valence-corrected chi connectivity index (χ2v) is 7.68. The van der Waals surface area contributed by atoms with Crippen molar-refractivity contribution in [2.24, 2.45) is 0 Å².